The average molecular weight is 293 g/mol. The second-order valence-electron chi connectivity index (χ2n) is 3.66. The molecule has 0 saturated heterocycles. The van der Waals surface area contributed by atoms with Gasteiger partial charge in [-0.15, -0.1) is 11.3 Å². The summed E-state index contributed by atoms with van der Waals surface area (Å²) >= 11 is 5.15. The third kappa shape index (κ3) is 1.58. The topological polar surface area (TPSA) is 28.7 Å². The Morgan fingerprint density at radius 1 is 1.25 bits per heavy atom. The van der Waals surface area contributed by atoms with Crippen molar-refractivity contribution in [3.63, 3.8) is 0 Å². The minimum atomic E-state index is 0.944. The van der Waals surface area contributed by atoms with Crippen LogP contribution in [0.2, 0.25) is 0 Å². The second-order valence-corrected chi connectivity index (χ2v) is 6.12. The molecule has 3 rings (SSSR count). The molecule has 2 heterocycles. The standard InChI is InChI=1S/C12H9BrN2S/c1-7-3-2-4-8-11(7)15-12(14-8)9-5-6-10(13)16-9/h2-6H,1H3,(H,14,15). The Morgan fingerprint density at radius 2 is 2.12 bits per heavy atom. The first kappa shape index (κ1) is 10.1. The highest BCUT2D eigenvalue weighted by molar-refractivity contribution is 9.11. The Bertz CT molecular complexity index is 654. The van der Waals surface area contributed by atoms with E-state index >= 15 is 0 Å². The zero-order chi connectivity index (χ0) is 11.1. The van der Waals surface area contributed by atoms with E-state index in [2.05, 4.69) is 51.0 Å². The number of nitrogens with zero attached hydrogens (tertiary/aromatic N) is 1. The summed E-state index contributed by atoms with van der Waals surface area (Å²) in [5, 5.41) is 0. The molecule has 0 bridgehead atoms. The van der Waals surface area contributed by atoms with Crippen LogP contribution in [-0.4, -0.2) is 9.97 Å². The van der Waals surface area contributed by atoms with Gasteiger partial charge < -0.3 is 4.98 Å². The van der Waals surface area contributed by atoms with Crippen molar-refractivity contribution in [2.24, 2.45) is 0 Å². The fraction of sp³-hybridized carbons (Fsp3) is 0.0833. The third-order valence-electron chi connectivity index (χ3n) is 2.52. The van der Waals surface area contributed by atoms with Crippen molar-refractivity contribution in [3.05, 3.63) is 39.7 Å². The average Bonchev–Trinajstić information content (AvgIpc) is 2.84. The van der Waals surface area contributed by atoms with Gasteiger partial charge in [0, 0.05) is 0 Å². The Balaban J connectivity index is 2.22. The van der Waals surface area contributed by atoms with Gasteiger partial charge in [0.05, 0.1) is 19.7 Å². The van der Waals surface area contributed by atoms with Gasteiger partial charge in [0.25, 0.3) is 0 Å². The molecule has 0 fully saturated rings. The number of para-hydroxylation sites is 1. The summed E-state index contributed by atoms with van der Waals surface area (Å²) < 4.78 is 1.12. The van der Waals surface area contributed by atoms with E-state index in [9.17, 15) is 0 Å². The van der Waals surface area contributed by atoms with Crippen molar-refractivity contribution in [2.45, 2.75) is 6.92 Å². The van der Waals surface area contributed by atoms with Crippen LogP contribution in [0.5, 0.6) is 0 Å². The fourth-order valence-electron chi connectivity index (χ4n) is 1.73. The first-order chi connectivity index (χ1) is 7.74. The largest absolute Gasteiger partial charge is 0.337 e. The summed E-state index contributed by atoms with van der Waals surface area (Å²) in [6.07, 6.45) is 0. The van der Waals surface area contributed by atoms with E-state index in [-0.39, 0.29) is 0 Å². The number of aromatic nitrogens is 2. The van der Waals surface area contributed by atoms with Crippen LogP contribution >= 0.6 is 27.3 Å². The van der Waals surface area contributed by atoms with Gasteiger partial charge in [-0.05, 0) is 46.6 Å². The van der Waals surface area contributed by atoms with E-state index in [4.69, 9.17) is 0 Å². The molecule has 2 aromatic heterocycles. The molecule has 0 aliphatic carbocycles. The number of fused-ring (bicyclic) bond motifs is 1. The van der Waals surface area contributed by atoms with Gasteiger partial charge in [-0.3, -0.25) is 0 Å². The lowest BCUT2D eigenvalue weighted by Gasteiger charge is -1.90. The van der Waals surface area contributed by atoms with Crippen LogP contribution < -0.4 is 0 Å². The monoisotopic (exact) mass is 292 g/mol. The van der Waals surface area contributed by atoms with Crippen molar-refractivity contribution >= 4 is 38.3 Å². The Labute approximate surface area is 105 Å². The minimum Gasteiger partial charge on any atom is -0.337 e. The molecule has 1 aromatic carbocycles. The number of thiophene rings is 1. The number of hydrogen-bond donors (Lipinski definition) is 1. The Hall–Kier alpha value is -1.13. The summed E-state index contributed by atoms with van der Waals surface area (Å²) in [6.45, 7) is 2.08. The summed E-state index contributed by atoms with van der Waals surface area (Å²) in [5.74, 6) is 0.944. The molecule has 0 aliphatic heterocycles. The summed E-state index contributed by atoms with van der Waals surface area (Å²) in [4.78, 5) is 9.13. The van der Waals surface area contributed by atoms with Crippen molar-refractivity contribution in [1.29, 1.82) is 0 Å². The third-order valence-corrected chi connectivity index (χ3v) is 4.15. The maximum absolute atomic E-state index is 4.63. The molecule has 0 unspecified atom stereocenters. The van der Waals surface area contributed by atoms with Gasteiger partial charge in [0.1, 0.15) is 5.82 Å². The van der Waals surface area contributed by atoms with Crippen LogP contribution in [0.25, 0.3) is 21.7 Å². The number of aryl methyl sites for hydroxylation is 1. The van der Waals surface area contributed by atoms with Crippen LogP contribution in [0.3, 0.4) is 0 Å². The molecule has 4 heteroatoms. The lowest BCUT2D eigenvalue weighted by Crippen LogP contribution is -1.74. The summed E-state index contributed by atoms with van der Waals surface area (Å²) in [5.41, 5.74) is 3.36. The molecule has 0 saturated carbocycles. The molecule has 80 valence electrons. The Morgan fingerprint density at radius 3 is 2.81 bits per heavy atom. The van der Waals surface area contributed by atoms with E-state index in [1.807, 2.05) is 12.1 Å². The number of hydrogen-bond acceptors (Lipinski definition) is 2. The number of imidazole rings is 1. The number of nitrogens with one attached hydrogen (secondary N) is 1. The van der Waals surface area contributed by atoms with Crippen molar-refractivity contribution in [3.8, 4) is 10.7 Å². The second kappa shape index (κ2) is 3.71. The molecule has 0 amide bonds. The van der Waals surface area contributed by atoms with Crippen molar-refractivity contribution in [2.75, 3.05) is 0 Å². The molecule has 16 heavy (non-hydrogen) atoms. The van der Waals surface area contributed by atoms with Crippen LogP contribution in [0, 0.1) is 6.92 Å². The molecule has 1 N–H and O–H groups in total. The highest BCUT2D eigenvalue weighted by atomic mass is 79.9. The maximum Gasteiger partial charge on any atom is 0.148 e. The normalized spacial score (nSPS) is 11.1. The smallest absolute Gasteiger partial charge is 0.148 e. The highest BCUT2D eigenvalue weighted by Gasteiger charge is 2.08. The van der Waals surface area contributed by atoms with Crippen LogP contribution in [0.15, 0.2) is 34.1 Å². The molecule has 0 radical (unpaired) electrons. The highest BCUT2D eigenvalue weighted by Crippen LogP contribution is 2.31. The zero-order valence-corrected chi connectivity index (χ0v) is 11.0. The maximum atomic E-state index is 4.63. The van der Waals surface area contributed by atoms with Crippen molar-refractivity contribution < 1.29 is 0 Å². The van der Waals surface area contributed by atoms with Gasteiger partial charge in [-0.1, -0.05) is 12.1 Å². The fourth-order valence-corrected chi connectivity index (χ4v) is 3.06. The first-order valence-electron chi connectivity index (χ1n) is 4.95. The van der Waals surface area contributed by atoms with Gasteiger partial charge in [-0.25, -0.2) is 4.98 Å². The van der Waals surface area contributed by atoms with Crippen LogP contribution in [0.4, 0.5) is 0 Å². The summed E-state index contributed by atoms with van der Waals surface area (Å²) in [6, 6.07) is 10.3. The summed E-state index contributed by atoms with van der Waals surface area (Å²) in [7, 11) is 0. The lowest BCUT2D eigenvalue weighted by molar-refractivity contribution is 1.35. The SMILES string of the molecule is Cc1cccc2[nH]c(-c3ccc(Br)s3)nc12. The molecule has 0 spiro atoms. The number of rotatable bonds is 1. The van der Waals surface area contributed by atoms with Crippen molar-refractivity contribution in [1.82, 2.24) is 9.97 Å². The van der Waals surface area contributed by atoms with E-state index < -0.39 is 0 Å². The van der Waals surface area contributed by atoms with E-state index in [1.54, 1.807) is 11.3 Å². The molecule has 3 aromatic rings. The van der Waals surface area contributed by atoms with Gasteiger partial charge in [-0.2, -0.15) is 0 Å². The predicted molar refractivity (Wildman–Crippen MR) is 71.8 cm³/mol. The van der Waals surface area contributed by atoms with Crippen LogP contribution in [-0.2, 0) is 0 Å². The number of halogens is 1. The molecular weight excluding hydrogens is 284 g/mol. The number of benzene rings is 1. The molecular formula is C12H9BrN2S. The minimum absolute atomic E-state index is 0.944. The van der Waals surface area contributed by atoms with E-state index in [0.717, 1.165) is 25.5 Å². The van der Waals surface area contributed by atoms with Gasteiger partial charge in [0.2, 0.25) is 0 Å². The Kier molecular flexibility index (Phi) is 2.33. The van der Waals surface area contributed by atoms with Crippen LogP contribution in [0.1, 0.15) is 5.56 Å². The quantitative estimate of drug-likeness (QED) is 0.709. The van der Waals surface area contributed by atoms with E-state index in [0.29, 0.717) is 0 Å². The number of H-pyrrole nitrogens is 1. The lowest BCUT2D eigenvalue weighted by atomic mass is 10.2. The van der Waals surface area contributed by atoms with Gasteiger partial charge >= 0.3 is 0 Å². The molecule has 0 aliphatic rings. The molecule has 2 nitrogen and oxygen atoms in total. The van der Waals surface area contributed by atoms with E-state index in [1.165, 1.54) is 5.56 Å². The van der Waals surface area contributed by atoms with Gasteiger partial charge in [0.15, 0.2) is 0 Å². The first-order valence-corrected chi connectivity index (χ1v) is 6.56. The predicted octanol–water partition coefficient (Wildman–Crippen LogP) is 4.36. The molecule has 0 atom stereocenters. The zero-order valence-electron chi connectivity index (χ0n) is 8.62. The number of aromatic amines is 1.